The van der Waals surface area contributed by atoms with Gasteiger partial charge in [0.05, 0.1) is 0 Å². The monoisotopic (exact) mass is 695 g/mol. The number of hydrogen-bond acceptors (Lipinski definition) is 6. The van der Waals surface area contributed by atoms with E-state index in [0.29, 0.717) is 19.3 Å². The number of hydrogen-bond donors (Lipinski definition) is 0. The van der Waals surface area contributed by atoms with E-state index in [2.05, 4.69) is 20.8 Å². The first-order valence-corrected chi connectivity index (χ1v) is 21.5. The third-order valence-electron chi connectivity index (χ3n) is 9.61. The Labute approximate surface area is 304 Å². The standard InChI is InChI=1S/C43H82O6/c1-4-7-10-13-16-18-20-21-23-25-28-31-34-37-43(46)49-40(38-47-41(44)35-32-29-26-15-12-9-6-3)39-48-42(45)36-33-30-27-24-22-19-17-14-11-8-5-2/h40H,4-39H2,1-3H3/t40-/m1/s1. The Hall–Kier alpha value is -1.59. The van der Waals surface area contributed by atoms with Crippen molar-refractivity contribution in [3.05, 3.63) is 0 Å². The predicted octanol–water partition coefficient (Wildman–Crippen LogP) is 13.3. The van der Waals surface area contributed by atoms with E-state index >= 15 is 0 Å². The molecule has 49 heavy (non-hydrogen) atoms. The largest absolute Gasteiger partial charge is 0.462 e. The molecule has 0 aromatic carbocycles. The summed E-state index contributed by atoms with van der Waals surface area (Å²) in [5.74, 6) is -0.862. The molecule has 0 unspecified atom stereocenters. The summed E-state index contributed by atoms with van der Waals surface area (Å²) in [6.45, 7) is 6.59. The first-order chi connectivity index (χ1) is 24.0. The fourth-order valence-electron chi connectivity index (χ4n) is 6.32. The first kappa shape index (κ1) is 47.4. The molecule has 290 valence electrons. The van der Waals surface area contributed by atoms with Crippen molar-refractivity contribution in [3.63, 3.8) is 0 Å². The second kappa shape index (κ2) is 39.2. The molecule has 0 saturated heterocycles. The molecule has 0 aromatic rings. The van der Waals surface area contributed by atoms with E-state index in [9.17, 15) is 14.4 Å². The van der Waals surface area contributed by atoms with Crippen LogP contribution in [-0.2, 0) is 28.6 Å². The Morgan fingerprint density at radius 3 is 0.816 bits per heavy atom. The van der Waals surface area contributed by atoms with Crippen LogP contribution < -0.4 is 0 Å². The maximum absolute atomic E-state index is 12.6. The van der Waals surface area contributed by atoms with E-state index in [4.69, 9.17) is 14.2 Å². The second-order valence-electron chi connectivity index (χ2n) is 14.6. The summed E-state index contributed by atoms with van der Waals surface area (Å²) in [6, 6.07) is 0. The number of rotatable bonds is 39. The number of ether oxygens (including phenoxy) is 3. The van der Waals surface area contributed by atoms with E-state index < -0.39 is 6.10 Å². The van der Waals surface area contributed by atoms with E-state index in [1.807, 2.05) is 0 Å². The molecule has 0 radical (unpaired) electrons. The number of unbranched alkanes of at least 4 members (excludes halogenated alkanes) is 28. The molecular weight excluding hydrogens is 612 g/mol. The Morgan fingerprint density at radius 1 is 0.327 bits per heavy atom. The zero-order valence-corrected chi connectivity index (χ0v) is 33.0. The highest BCUT2D eigenvalue weighted by Crippen LogP contribution is 2.15. The number of carbonyl (C=O) groups is 3. The molecule has 0 fully saturated rings. The molecule has 0 bridgehead atoms. The van der Waals surface area contributed by atoms with Gasteiger partial charge in [-0.15, -0.1) is 0 Å². The lowest BCUT2D eigenvalue weighted by Crippen LogP contribution is -2.30. The van der Waals surface area contributed by atoms with E-state index in [-0.39, 0.29) is 31.1 Å². The zero-order valence-electron chi connectivity index (χ0n) is 33.0. The zero-order chi connectivity index (χ0) is 35.9. The molecule has 1 atom stereocenters. The van der Waals surface area contributed by atoms with Gasteiger partial charge in [-0.1, -0.05) is 201 Å². The van der Waals surface area contributed by atoms with Crippen molar-refractivity contribution < 1.29 is 28.6 Å². The fourth-order valence-corrected chi connectivity index (χ4v) is 6.32. The smallest absolute Gasteiger partial charge is 0.306 e. The van der Waals surface area contributed by atoms with Crippen molar-refractivity contribution >= 4 is 17.9 Å². The normalized spacial score (nSPS) is 11.8. The number of carbonyl (C=O) groups excluding carboxylic acids is 3. The average molecular weight is 695 g/mol. The molecule has 0 N–H and O–H groups in total. The molecule has 0 rings (SSSR count). The highest BCUT2D eigenvalue weighted by Gasteiger charge is 2.19. The van der Waals surface area contributed by atoms with Crippen molar-refractivity contribution in [2.24, 2.45) is 0 Å². The highest BCUT2D eigenvalue weighted by atomic mass is 16.6. The summed E-state index contributed by atoms with van der Waals surface area (Å²) in [7, 11) is 0. The van der Waals surface area contributed by atoms with Crippen LogP contribution in [0.4, 0.5) is 0 Å². The van der Waals surface area contributed by atoms with E-state index in [1.165, 1.54) is 141 Å². The molecule has 0 heterocycles. The van der Waals surface area contributed by atoms with Gasteiger partial charge in [-0.05, 0) is 19.3 Å². The van der Waals surface area contributed by atoms with Gasteiger partial charge < -0.3 is 14.2 Å². The first-order valence-electron chi connectivity index (χ1n) is 21.5. The maximum Gasteiger partial charge on any atom is 0.306 e. The Kier molecular flexibility index (Phi) is 37.9. The van der Waals surface area contributed by atoms with Crippen LogP contribution in [0.5, 0.6) is 0 Å². The van der Waals surface area contributed by atoms with Crippen LogP contribution in [0.3, 0.4) is 0 Å². The molecule has 0 amide bonds. The molecule has 0 spiro atoms. The Balaban J connectivity index is 4.29. The van der Waals surface area contributed by atoms with Gasteiger partial charge in [0.25, 0.3) is 0 Å². The number of esters is 3. The van der Waals surface area contributed by atoms with Gasteiger partial charge in [-0.25, -0.2) is 0 Å². The molecule has 6 heteroatoms. The SMILES string of the molecule is CCCCCCCCCCCCCCCC(=O)O[C@H](COC(=O)CCCCCCCCC)COC(=O)CCCCCCCCCCCCC. The molecule has 6 nitrogen and oxygen atoms in total. The molecule has 0 aliphatic rings. The van der Waals surface area contributed by atoms with Crippen LogP contribution in [0.1, 0.15) is 239 Å². The minimum absolute atomic E-state index is 0.0636. The van der Waals surface area contributed by atoms with Gasteiger partial charge in [0, 0.05) is 19.3 Å². The van der Waals surface area contributed by atoms with Crippen LogP contribution in [0, 0.1) is 0 Å². The van der Waals surface area contributed by atoms with Gasteiger partial charge in [-0.3, -0.25) is 14.4 Å². The van der Waals surface area contributed by atoms with E-state index in [1.54, 1.807) is 0 Å². The molecule has 0 saturated carbocycles. The Bertz CT molecular complexity index is 723. The van der Waals surface area contributed by atoms with Crippen molar-refractivity contribution in [3.8, 4) is 0 Å². The fraction of sp³-hybridized carbons (Fsp3) is 0.930. The lowest BCUT2D eigenvalue weighted by atomic mass is 10.0. The summed E-state index contributed by atoms with van der Waals surface area (Å²) in [6.07, 6.45) is 38.0. The third kappa shape index (κ3) is 37.5. The summed E-state index contributed by atoms with van der Waals surface area (Å²) >= 11 is 0. The lowest BCUT2D eigenvalue weighted by molar-refractivity contribution is -0.167. The van der Waals surface area contributed by atoms with Crippen LogP contribution in [0.25, 0.3) is 0 Å². The van der Waals surface area contributed by atoms with E-state index in [0.717, 1.165) is 57.8 Å². The summed E-state index contributed by atoms with van der Waals surface area (Å²) in [5.41, 5.74) is 0. The molecule has 0 aromatic heterocycles. The Morgan fingerprint density at radius 2 is 0.551 bits per heavy atom. The van der Waals surface area contributed by atoms with Crippen LogP contribution >= 0.6 is 0 Å². The summed E-state index contributed by atoms with van der Waals surface area (Å²) in [5, 5.41) is 0. The summed E-state index contributed by atoms with van der Waals surface area (Å²) < 4.78 is 16.6. The van der Waals surface area contributed by atoms with Crippen LogP contribution in [-0.4, -0.2) is 37.2 Å². The van der Waals surface area contributed by atoms with Crippen LogP contribution in [0.2, 0.25) is 0 Å². The molecule has 0 aliphatic heterocycles. The van der Waals surface area contributed by atoms with Gasteiger partial charge in [0.1, 0.15) is 13.2 Å². The molecular formula is C43H82O6. The van der Waals surface area contributed by atoms with Crippen molar-refractivity contribution in [1.82, 2.24) is 0 Å². The maximum atomic E-state index is 12.6. The van der Waals surface area contributed by atoms with Gasteiger partial charge in [0.2, 0.25) is 0 Å². The van der Waals surface area contributed by atoms with Crippen molar-refractivity contribution in [2.75, 3.05) is 13.2 Å². The predicted molar refractivity (Wildman–Crippen MR) is 206 cm³/mol. The highest BCUT2D eigenvalue weighted by molar-refractivity contribution is 5.71. The topological polar surface area (TPSA) is 78.9 Å². The van der Waals surface area contributed by atoms with Gasteiger partial charge in [0.15, 0.2) is 6.10 Å². The molecule has 0 aliphatic carbocycles. The third-order valence-corrected chi connectivity index (χ3v) is 9.61. The van der Waals surface area contributed by atoms with Gasteiger partial charge in [-0.2, -0.15) is 0 Å². The van der Waals surface area contributed by atoms with Crippen LogP contribution in [0.15, 0.2) is 0 Å². The second-order valence-corrected chi connectivity index (χ2v) is 14.6. The average Bonchev–Trinajstić information content (AvgIpc) is 3.10. The quantitative estimate of drug-likeness (QED) is 0.0362. The minimum Gasteiger partial charge on any atom is -0.462 e. The minimum atomic E-state index is -0.756. The lowest BCUT2D eigenvalue weighted by Gasteiger charge is -2.18. The van der Waals surface area contributed by atoms with Gasteiger partial charge >= 0.3 is 17.9 Å². The van der Waals surface area contributed by atoms with Crippen molar-refractivity contribution in [2.45, 2.75) is 245 Å². The van der Waals surface area contributed by atoms with Crippen molar-refractivity contribution in [1.29, 1.82) is 0 Å². The summed E-state index contributed by atoms with van der Waals surface area (Å²) in [4.78, 5) is 37.5.